The van der Waals surface area contributed by atoms with Gasteiger partial charge in [0.1, 0.15) is 0 Å². The standard InChI is InChI=1S/C14H22N4O2/c1-9-6-12(13(10(2)16-9)14(15)17-20)18-5-3-4-11(7-18)8-19/h6,11,19-20H,3-5,7-8H2,1-2H3,(H2,15,17). The van der Waals surface area contributed by atoms with Crippen molar-refractivity contribution in [1.29, 1.82) is 0 Å². The smallest absolute Gasteiger partial charge is 0.174 e. The average molecular weight is 278 g/mol. The predicted octanol–water partition coefficient (Wildman–Crippen LogP) is 1.00. The maximum atomic E-state index is 9.36. The maximum Gasteiger partial charge on any atom is 0.174 e. The lowest BCUT2D eigenvalue weighted by Crippen LogP contribution is -2.38. The number of nitrogens with zero attached hydrogens (tertiary/aromatic N) is 3. The Morgan fingerprint density at radius 1 is 1.55 bits per heavy atom. The van der Waals surface area contributed by atoms with E-state index in [1.54, 1.807) is 0 Å². The third-order valence-corrected chi connectivity index (χ3v) is 3.79. The average Bonchev–Trinajstić information content (AvgIpc) is 2.45. The number of hydrogen-bond acceptors (Lipinski definition) is 5. The van der Waals surface area contributed by atoms with Gasteiger partial charge in [0.15, 0.2) is 5.84 Å². The van der Waals surface area contributed by atoms with Crippen molar-refractivity contribution < 1.29 is 10.3 Å². The molecule has 2 rings (SSSR count). The summed E-state index contributed by atoms with van der Waals surface area (Å²) < 4.78 is 0. The largest absolute Gasteiger partial charge is 0.409 e. The molecule has 6 nitrogen and oxygen atoms in total. The van der Waals surface area contributed by atoms with E-state index in [-0.39, 0.29) is 18.4 Å². The lowest BCUT2D eigenvalue weighted by atomic mass is 9.97. The molecule has 6 heteroatoms. The van der Waals surface area contributed by atoms with Gasteiger partial charge in [-0.15, -0.1) is 0 Å². The zero-order chi connectivity index (χ0) is 14.7. The zero-order valence-corrected chi connectivity index (χ0v) is 12.0. The highest BCUT2D eigenvalue weighted by Crippen LogP contribution is 2.28. The lowest BCUT2D eigenvalue weighted by Gasteiger charge is -2.35. The molecule has 1 unspecified atom stereocenters. The molecule has 2 heterocycles. The van der Waals surface area contributed by atoms with Gasteiger partial charge >= 0.3 is 0 Å². The van der Waals surface area contributed by atoms with E-state index in [0.717, 1.165) is 43.0 Å². The number of aromatic nitrogens is 1. The highest BCUT2D eigenvalue weighted by Gasteiger charge is 2.24. The van der Waals surface area contributed by atoms with Crippen LogP contribution in [0.1, 0.15) is 29.8 Å². The normalized spacial score (nSPS) is 20.2. The van der Waals surface area contributed by atoms with E-state index in [2.05, 4.69) is 15.0 Å². The maximum absolute atomic E-state index is 9.36. The Balaban J connectivity index is 2.44. The van der Waals surface area contributed by atoms with E-state index in [4.69, 9.17) is 10.9 Å². The summed E-state index contributed by atoms with van der Waals surface area (Å²) in [6.45, 7) is 5.67. The quantitative estimate of drug-likeness (QED) is 0.332. The number of aliphatic hydroxyl groups excluding tert-OH is 1. The van der Waals surface area contributed by atoms with E-state index in [1.807, 2.05) is 19.9 Å². The van der Waals surface area contributed by atoms with Crippen molar-refractivity contribution in [1.82, 2.24) is 4.98 Å². The summed E-state index contributed by atoms with van der Waals surface area (Å²) >= 11 is 0. The molecule has 1 fully saturated rings. The Bertz CT molecular complexity index is 516. The monoisotopic (exact) mass is 278 g/mol. The van der Waals surface area contributed by atoms with Crippen LogP contribution in [0.4, 0.5) is 5.69 Å². The molecule has 1 aliphatic heterocycles. The Hall–Kier alpha value is -1.82. The van der Waals surface area contributed by atoms with Crippen LogP contribution in [0.3, 0.4) is 0 Å². The molecule has 0 aromatic carbocycles. The molecule has 1 aromatic rings. The Kier molecular flexibility index (Phi) is 4.44. The van der Waals surface area contributed by atoms with Crippen molar-refractivity contribution in [3.8, 4) is 0 Å². The van der Waals surface area contributed by atoms with E-state index < -0.39 is 0 Å². The fraction of sp³-hybridized carbons (Fsp3) is 0.571. The fourth-order valence-electron chi connectivity index (χ4n) is 2.86. The van der Waals surface area contributed by atoms with Gasteiger partial charge in [0.25, 0.3) is 0 Å². The molecule has 1 atom stereocenters. The SMILES string of the molecule is Cc1cc(N2CCCC(CO)C2)c(/C(N)=N/O)c(C)n1. The lowest BCUT2D eigenvalue weighted by molar-refractivity contribution is 0.208. The number of nitrogens with two attached hydrogens (primary N) is 1. The summed E-state index contributed by atoms with van der Waals surface area (Å²) in [4.78, 5) is 6.58. The van der Waals surface area contributed by atoms with Crippen LogP contribution in [0, 0.1) is 19.8 Å². The highest BCUT2D eigenvalue weighted by molar-refractivity contribution is 6.03. The van der Waals surface area contributed by atoms with Gasteiger partial charge in [-0.05, 0) is 38.7 Å². The van der Waals surface area contributed by atoms with Crippen molar-refractivity contribution in [3.05, 3.63) is 23.0 Å². The molecule has 1 aliphatic rings. The molecule has 0 saturated carbocycles. The topological polar surface area (TPSA) is 95.0 Å². The molecular weight excluding hydrogens is 256 g/mol. The second-order valence-electron chi connectivity index (χ2n) is 5.37. The minimum absolute atomic E-state index is 0.0797. The van der Waals surface area contributed by atoms with Crippen LogP contribution in [0.5, 0.6) is 0 Å². The van der Waals surface area contributed by atoms with Crippen molar-refractivity contribution >= 4 is 11.5 Å². The van der Waals surface area contributed by atoms with Gasteiger partial charge < -0.3 is 20.9 Å². The van der Waals surface area contributed by atoms with Gasteiger partial charge in [-0.25, -0.2) is 0 Å². The van der Waals surface area contributed by atoms with Crippen molar-refractivity contribution in [2.24, 2.45) is 16.8 Å². The molecule has 4 N–H and O–H groups in total. The first-order valence-electron chi connectivity index (χ1n) is 6.88. The summed E-state index contributed by atoms with van der Waals surface area (Å²) in [6, 6.07) is 1.96. The minimum Gasteiger partial charge on any atom is -0.409 e. The number of piperidine rings is 1. The summed E-state index contributed by atoms with van der Waals surface area (Å²) in [5.41, 5.74) is 9.07. The van der Waals surface area contributed by atoms with Gasteiger partial charge in [0.05, 0.1) is 16.9 Å². The third kappa shape index (κ3) is 2.85. The number of pyridine rings is 1. The second-order valence-corrected chi connectivity index (χ2v) is 5.37. The molecule has 0 aliphatic carbocycles. The van der Waals surface area contributed by atoms with Crippen LogP contribution < -0.4 is 10.6 Å². The number of hydrogen-bond donors (Lipinski definition) is 3. The van der Waals surface area contributed by atoms with Crippen molar-refractivity contribution in [3.63, 3.8) is 0 Å². The van der Waals surface area contributed by atoms with Gasteiger partial charge in [-0.2, -0.15) is 0 Å². The van der Waals surface area contributed by atoms with E-state index in [1.165, 1.54) is 0 Å². The van der Waals surface area contributed by atoms with E-state index in [0.29, 0.717) is 5.56 Å². The van der Waals surface area contributed by atoms with E-state index >= 15 is 0 Å². The predicted molar refractivity (Wildman–Crippen MR) is 78.2 cm³/mol. The fourth-order valence-corrected chi connectivity index (χ4v) is 2.86. The van der Waals surface area contributed by atoms with Crippen LogP contribution >= 0.6 is 0 Å². The Morgan fingerprint density at radius 3 is 2.95 bits per heavy atom. The molecule has 0 amide bonds. The molecule has 0 radical (unpaired) electrons. The molecule has 20 heavy (non-hydrogen) atoms. The van der Waals surface area contributed by atoms with Crippen LogP contribution in [0.25, 0.3) is 0 Å². The molecule has 1 aromatic heterocycles. The van der Waals surface area contributed by atoms with Crippen LogP contribution in [-0.2, 0) is 0 Å². The summed E-state index contributed by atoms with van der Waals surface area (Å²) in [7, 11) is 0. The first-order chi connectivity index (χ1) is 9.56. The number of amidine groups is 1. The van der Waals surface area contributed by atoms with E-state index in [9.17, 15) is 5.11 Å². The number of oxime groups is 1. The molecular formula is C14H22N4O2. The van der Waals surface area contributed by atoms with Crippen LogP contribution in [0.15, 0.2) is 11.2 Å². The number of aryl methyl sites for hydroxylation is 2. The number of anilines is 1. The van der Waals surface area contributed by atoms with Crippen LogP contribution in [0.2, 0.25) is 0 Å². The summed E-state index contributed by atoms with van der Waals surface area (Å²) in [6.07, 6.45) is 2.07. The molecule has 0 spiro atoms. The second kappa shape index (κ2) is 6.09. The Labute approximate surface area is 118 Å². The summed E-state index contributed by atoms with van der Waals surface area (Å²) in [5.74, 6) is 0.355. The minimum atomic E-state index is 0.0797. The molecule has 110 valence electrons. The zero-order valence-electron chi connectivity index (χ0n) is 12.0. The van der Waals surface area contributed by atoms with Crippen molar-refractivity contribution in [2.45, 2.75) is 26.7 Å². The number of rotatable bonds is 3. The van der Waals surface area contributed by atoms with Gasteiger partial charge in [-0.3, -0.25) is 4.98 Å². The summed E-state index contributed by atoms with van der Waals surface area (Å²) in [5, 5.41) is 21.5. The third-order valence-electron chi connectivity index (χ3n) is 3.79. The Morgan fingerprint density at radius 2 is 2.30 bits per heavy atom. The van der Waals surface area contributed by atoms with Gasteiger partial charge in [0, 0.05) is 25.4 Å². The highest BCUT2D eigenvalue weighted by atomic mass is 16.4. The van der Waals surface area contributed by atoms with Crippen LogP contribution in [-0.4, -0.2) is 40.8 Å². The first kappa shape index (κ1) is 14.6. The molecule has 1 saturated heterocycles. The first-order valence-corrected chi connectivity index (χ1v) is 6.88. The number of aliphatic hydroxyl groups is 1. The molecule has 0 bridgehead atoms. The van der Waals surface area contributed by atoms with Gasteiger partial charge in [-0.1, -0.05) is 5.16 Å². The van der Waals surface area contributed by atoms with Crippen molar-refractivity contribution in [2.75, 3.05) is 24.6 Å². The van der Waals surface area contributed by atoms with Gasteiger partial charge in [0.2, 0.25) is 0 Å².